The van der Waals surface area contributed by atoms with Crippen molar-refractivity contribution in [3.8, 4) is 0 Å². The van der Waals surface area contributed by atoms with Crippen LogP contribution in [0.4, 0.5) is 5.69 Å². The highest BCUT2D eigenvalue weighted by molar-refractivity contribution is 7.94. The minimum atomic E-state index is -3.71. The Morgan fingerprint density at radius 3 is 2.52 bits per heavy atom. The van der Waals surface area contributed by atoms with Crippen LogP contribution in [-0.2, 0) is 10.0 Å². The number of carbonyl (C=O) groups excluding carboxylic acids is 1. The first kappa shape index (κ1) is 15.7. The second kappa shape index (κ2) is 6.42. The molecule has 1 aromatic carbocycles. The maximum atomic E-state index is 12.1. The lowest BCUT2D eigenvalue weighted by molar-refractivity contribution is 0.0956. The average Bonchev–Trinajstić information content (AvgIpc) is 2.87. The van der Waals surface area contributed by atoms with Crippen molar-refractivity contribution >= 4 is 44.6 Å². The molecule has 21 heavy (non-hydrogen) atoms. The zero-order chi connectivity index (χ0) is 15.5. The van der Waals surface area contributed by atoms with Gasteiger partial charge < -0.3 is 5.32 Å². The van der Waals surface area contributed by atoms with E-state index in [2.05, 4.69) is 15.0 Å². The molecule has 2 N–H and O–H groups in total. The van der Waals surface area contributed by atoms with E-state index in [0.29, 0.717) is 17.8 Å². The summed E-state index contributed by atoms with van der Waals surface area (Å²) in [5.74, 6) is -0.207. The number of hydrogen-bond donors (Lipinski definition) is 2. The van der Waals surface area contributed by atoms with E-state index in [4.69, 9.17) is 11.6 Å². The van der Waals surface area contributed by atoms with Gasteiger partial charge >= 0.3 is 0 Å². The van der Waals surface area contributed by atoms with Gasteiger partial charge in [0.1, 0.15) is 0 Å². The largest absolute Gasteiger partial charge is 0.352 e. The summed E-state index contributed by atoms with van der Waals surface area (Å²) >= 11 is 6.49. The monoisotopic (exact) mass is 345 g/mol. The molecule has 0 aliphatic heterocycles. The first-order valence-corrected chi connectivity index (χ1v) is 8.62. The van der Waals surface area contributed by atoms with Gasteiger partial charge in [0.05, 0.1) is 6.20 Å². The highest BCUT2D eigenvalue weighted by Crippen LogP contribution is 2.24. The third kappa shape index (κ3) is 3.93. The van der Waals surface area contributed by atoms with Gasteiger partial charge in [-0.15, -0.1) is 0 Å². The van der Waals surface area contributed by atoms with Crippen molar-refractivity contribution < 1.29 is 13.2 Å². The minimum Gasteiger partial charge on any atom is -0.352 e. The lowest BCUT2D eigenvalue weighted by Gasteiger charge is -2.07. The summed E-state index contributed by atoms with van der Waals surface area (Å²) in [4.78, 5) is 15.3. The fourth-order valence-electron chi connectivity index (χ4n) is 1.52. The topological polar surface area (TPSA) is 88.2 Å². The molecule has 0 radical (unpaired) electrons. The Morgan fingerprint density at radius 1 is 1.33 bits per heavy atom. The molecule has 0 unspecified atom stereocenters. The van der Waals surface area contributed by atoms with Crippen molar-refractivity contribution in [3.05, 3.63) is 40.5 Å². The predicted octanol–water partition coefficient (Wildman–Crippen LogP) is 2.35. The molecule has 0 spiro atoms. The summed E-state index contributed by atoms with van der Waals surface area (Å²) < 4.78 is 26.7. The van der Waals surface area contributed by atoms with E-state index >= 15 is 0 Å². The average molecular weight is 346 g/mol. The molecule has 0 fully saturated rings. The number of benzene rings is 1. The summed E-state index contributed by atoms with van der Waals surface area (Å²) in [6, 6.07) is 6.13. The first-order valence-electron chi connectivity index (χ1n) is 5.95. The van der Waals surface area contributed by atoms with Crippen LogP contribution in [0.5, 0.6) is 0 Å². The maximum Gasteiger partial charge on any atom is 0.273 e. The fraction of sp³-hybridized carbons (Fsp3) is 0.167. The van der Waals surface area contributed by atoms with Crippen molar-refractivity contribution in [2.24, 2.45) is 0 Å². The number of aromatic nitrogens is 1. The Balaban J connectivity index is 2.15. The van der Waals surface area contributed by atoms with Crippen molar-refractivity contribution in [2.75, 3.05) is 11.3 Å². The van der Waals surface area contributed by atoms with Crippen LogP contribution < -0.4 is 10.0 Å². The molecule has 1 heterocycles. The number of nitrogens with zero attached hydrogens (tertiary/aromatic N) is 1. The molecule has 9 heteroatoms. The first-order chi connectivity index (χ1) is 9.92. The second-order valence-corrected chi connectivity index (χ2v) is 7.50. The van der Waals surface area contributed by atoms with Crippen LogP contribution in [0.25, 0.3) is 0 Å². The van der Waals surface area contributed by atoms with E-state index in [-0.39, 0.29) is 14.6 Å². The zero-order valence-electron chi connectivity index (χ0n) is 11.0. The van der Waals surface area contributed by atoms with Crippen LogP contribution in [0.15, 0.2) is 34.7 Å². The number of hydrogen-bond acceptors (Lipinski definition) is 5. The standard InChI is InChI=1S/C12H12ClN3O3S2/c1-2-14-11(17)8-3-5-9(6-4-8)16-21(18,19)10-7-15-12(13)20-10/h3-7,16H,2H2,1H3,(H,14,17). The zero-order valence-corrected chi connectivity index (χ0v) is 13.3. The lowest BCUT2D eigenvalue weighted by Crippen LogP contribution is -2.22. The van der Waals surface area contributed by atoms with Crippen molar-refractivity contribution in [1.29, 1.82) is 0 Å². The van der Waals surface area contributed by atoms with Gasteiger partial charge in [0, 0.05) is 17.8 Å². The van der Waals surface area contributed by atoms with Gasteiger partial charge in [-0.3, -0.25) is 9.52 Å². The van der Waals surface area contributed by atoms with Crippen LogP contribution in [0.2, 0.25) is 4.47 Å². The highest BCUT2D eigenvalue weighted by atomic mass is 35.5. The van der Waals surface area contributed by atoms with Crippen LogP contribution in [-0.4, -0.2) is 25.9 Å². The number of anilines is 1. The number of carbonyl (C=O) groups is 1. The molecule has 0 bridgehead atoms. The van der Waals surface area contributed by atoms with Gasteiger partial charge in [0.15, 0.2) is 8.68 Å². The molecule has 0 aliphatic rings. The molecule has 2 aromatic rings. The third-order valence-electron chi connectivity index (χ3n) is 2.46. The lowest BCUT2D eigenvalue weighted by atomic mass is 10.2. The Labute approximate surface area is 131 Å². The van der Waals surface area contributed by atoms with E-state index in [1.807, 2.05) is 6.92 Å². The normalized spacial score (nSPS) is 11.1. The molecule has 112 valence electrons. The van der Waals surface area contributed by atoms with Crippen molar-refractivity contribution in [2.45, 2.75) is 11.1 Å². The van der Waals surface area contributed by atoms with Crippen LogP contribution in [0, 0.1) is 0 Å². The minimum absolute atomic E-state index is 0.0281. The SMILES string of the molecule is CCNC(=O)c1ccc(NS(=O)(=O)c2cnc(Cl)s2)cc1. The molecule has 0 aliphatic carbocycles. The van der Waals surface area contributed by atoms with Crippen LogP contribution in [0.1, 0.15) is 17.3 Å². The maximum absolute atomic E-state index is 12.1. The fourth-order valence-corrected chi connectivity index (χ4v) is 3.87. The molecule has 1 amide bonds. The molecule has 1 aromatic heterocycles. The Kier molecular flexibility index (Phi) is 4.81. The summed E-state index contributed by atoms with van der Waals surface area (Å²) in [6.45, 7) is 2.35. The van der Waals surface area contributed by atoms with Gasteiger partial charge in [-0.2, -0.15) is 0 Å². The van der Waals surface area contributed by atoms with Crippen LogP contribution in [0.3, 0.4) is 0 Å². The summed E-state index contributed by atoms with van der Waals surface area (Å²) in [6.07, 6.45) is 1.19. The van der Waals surface area contributed by atoms with E-state index < -0.39 is 10.0 Å². The van der Waals surface area contributed by atoms with Gasteiger partial charge in [-0.1, -0.05) is 22.9 Å². The third-order valence-corrected chi connectivity index (χ3v) is 5.42. The Bertz CT molecular complexity index is 741. The summed E-state index contributed by atoms with van der Waals surface area (Å²) in [5.41, 5.74) is 0.813. The van der Waals surface area contributed by atoms with E-state index in [1.54, 1.807) is 12.1 Å². The van der Waals surface area contributed by atoms with Crippen LogP contribution >= 0.6 is 22.9 Å². The number of thiazole rings is 1. The van der Waals surface area contributed by atoms with E-state index in [1.165, 1.54) is 18.3 Å². The summed E-state index contributed by atoms with van der Waals surface area (Å²) in [7, 11) is -3.71. The van der Waals surface area contributed by atoms with Gasteiger partial charge in [-0.05, 0) is 31.2 Å². The summed E-state index contributed by atoms with van der Waals surface area (Å²) in [5, 5.41) is 2.66. The molecule has 0 saturated heterocycles. The predicted molar refractivity (Wildman–Crippen MR) is 82.4 cm³/mol. The molecule has 6 nitrogen and oxygen atoms in total. The number of halogens is 1. The quantitative estimate of drug-likeness (QED) is 0.870. The van der Waals surface area contributed by atoms with Gasteiger partial charge in [-0.25, -0.2) is 13.4 Å². The number of amides is 1. The molecule has 0 atom stereocenters. The Morgan fingerprint density at radius 2 is 2.00 bits per heavy atom. The van der Waals surface area contributed by atoms with Crippen molar-refractivity contribution in [1.82, 2.24) is 10.3 Å². The van der Waals surface area contributed by atoms with E-state index in [9.17, 15) is 13.2 Å². The molecular formula is C12H12ClN3O3S2. The number of nitrogens with one attached hydrogen (secondary N) is 2. The van der Waals surface area contributed by atoms with E-state index in [0.717, 1.165) is 11.3 Å². The number of rotatable bonds is 5. The number of sulfonamides is 1. The second-order valence-electron chi connectivity index (χ2n) is 3.97. The van der Waals surface area contributed by atoms with Gasteiger partial charge in [0.25, 0.3) is 15.9 Å². The molecule has 2 rings (SSSR count). The molecule has 0 saturated carbocycles. The van der Waals surface area contributed by atoms with Crippen molar-refractivity contribution in [3.63, 3.8) is 0 Å². The highest BCUT2D eigenvalue weighted by Gasteiger charge is 2.17. The van der Waals surface area contributed by atoms with Gasteiger partial charge in [0.2, 0.25) is 0 Å². The smallest absolute Gasteiger partial charge is 0.273 e. The Hall–Kier alpha value is -1.64. The molecular weight excluding hydrogens is 334 g/mol.